The van der Waals surface area contributed by atoms with Crippen LogP contribution in [0.5, 0.6) is 0 Å². The summed E-state index contributed by atoms with van der Waals surface area (Å²) in [5, 5.41) is 6.48. The molecule has 0 bridgehead atoms. The number of hydrogen-bond donors (Lipinski definition) is 2. The van der Waals surface area contributed by atoms with Crippen molar-refractivity contribution in [3.63, 3.8) is 0 Å². The van der Waals surface area contributed by atoms with Crippen LogP contribution >= 0.6 is 0 Å². The van der Waals surface area contributed by atoms with Crippen molar-refractivity contribution in [2.24, 2.45) is 0 Å². The van der Waals surface area contributed by atoms with E-state index < -0.39 is 15.8 Å². The van der Waals surface area contributed by atoms with Gasteiger partial charge in [0.25, 0.3) is 10.0 Å². The molecule has 0 aliphatic heterocycles. The molecule has 9 heteroatoms. The molecule has 156 valence electrons. The molecule has 0 atom stereocenters. The molecule has 1 heterocycles. The molecule has 0 aliphatic rings. The minimum absolute atomic E-state index is 0.0371. The third kappa shape index (κ3) is 4.93. The van der Waals surface area contributed by atoms with Crippen LogP contribution in [-0.4, -0.2) is 19.5 Å². The lowest BCUT2D eigenvalue weighted by Crippen LogP contribution is -2.13. The lowest BCUT2D eigenvalue weighted by molar-refractivity contribution is -0.114. The first-order chi connectivity index (χ1) is 14.2. The van der Waals surface area contributed by atoms with Gasteiger partial charge in [-0.2, -0.15) is 0 Å². The van der Waals surface area contributed by atoms with Gasteiger partial charge in [0, 0.05) is 6.92 Å². The number of anilines is 2. The first kappa shape index (κ1) is 21.3. The summed E-state index contributed by atoms with van der Waals surface area (Å²) >= 11 is 0. The highest BCUT2D eigenvalue weighted by molar-refractivity contribution is 7.92. The molecule has 2 aromatic carbocycles. The largest absolute Gasteiger partial charge is 0.354 e. The molecule has 3 rings (SSSR count). The van der Waals surface area contributed by atoms with E-state index in [4.69, 9.17) is 4.52 Å². The Morgan fingerprint density at radius 3 is 2.43 bits per heavy atom. The fourth-order valence-electron chi connectivity index (χ4n) is 2.63. The molecule has 0 unspecified atom stereocenters. The second-order valence-electron chi connectivity index (χ2n) is 6.66. The summed E-state index contributed by atoms with van der Waals surface area (Å²) in [6.07, 6.45) is 3.33. The zero-order valence-corrected chi connectivity index (χ0v) is 17.4. The molecule has 0 radical (unpaired) electrons. The van der Waals surface area contributed by atoms with E-state index in [1.165, 1.54) is 31.2 Å². The summed E-state index contributed by atoms with van der Waals surface area (Å²) in [5.41, 5.74) is 2.31. The molecule has 0 saturated carbocycles. The fourth-order valence-corrected chi connectivity index (χ4v) is 3.68. The standard InChI is InChI=1S/C21H20FN3O4S/c1-13-4-8-17(12-19(13)22)25-30(27,28)18-9-5-16(6-10-18)7-11-20-21(23-15(3)26)14(2)24-29-20/h4-12,25H,1-3H3,(H,23,26). The monoisotopic (exact) mass is 429 g/mol. The average molecular weight is 429 g/mol. The van der Waals surface area contributed by atoms with E-state index in [1.807, 2.05) is 0 Å². The molecule has 30 heavy (non-hydrogen) atoms. The number of nitrogens with zero attached hydrogens (tertiary/aromatic N) is 1. The highest BCUT2D eigenvalue weighted by Gasteiger charge is 2.15. The van der Waals surface area contributed by atoms with Gasteiger partial charge in [0.05, 0.1) is 10.6 Å². The molecule has 0 fully saturated rings. The Morgan fingerprint density at radius 2 is 1.80 bits per heavy atom. The highest BCUT2D eigenvalue weighted by atomic mass is 32.2. The topological polar surface area (TPSA) is 101 Å². The van der Waals surface area contributed by atoms with Gasteiger partial charge in [-0.15, -0.1) is 0 Å². The summed E-state index contributed by atoms with van der Waals surface area (Å²) in [4.78, 5) is 11.3. The molecule has 1 amide bonds. The Morgan fingerprint density at radius 1 is 1.10 bits per heavy atom. The van der Waals surface area contributed by atoms with Gasteiger partial charge in [-0.1, -0.05) is 29.4 Å². The third-order valence-electron chi connectivity index (χ3n) is 4.23. The Labute approximate surface area is 173 Å². The van der Waals surface area contributed by atoms with E-state index in [2.05, 4.69) is 15.2 Å². The van der Waals surface area contributed by atoms with Crippen molar-refractivity contribution in [1.82, 2.24) is 5.16 Å². The first-order valence-corrected chi connectivity index (χ1v) is 10.4. The molecular formula is C21H20FN3O4S. The van der Waals surface area contributed by atoms with Gasteiger partial charge < -0.3 is 9.84 Å². The van der Waals surface area contributed by atoms with Gasteiger partial charge in [0.1, 0.15) is 17.2 Å². The second kappa shape index (κ2) is 8.50. The maximum absolute atomic E-state index is 13.7. The molecule has 2 N–H and O–H groups in total. The van der Waals surface area contributed by atoms with Gasteiger partial charge >= 0.3 is 0 Å². The van der Waals surface area contributed by atoms with E-state index in [9.17, 15) is 17.6 Å². The number of aromatic nitrogens is 1. The average Bonchev–Trinajstić information content (AvgIpc) is 3.02. The van der Waals surface area contributed by atoms with Crippen molar-refractivity contribution in [3.05, 3.63) is 70.9 Å². The Hall–Kier alpha value is -3.46. The van der Waals surface area contributed by atoms with E-state index in [0.717, 1.165) is 6.07 Å². The van der Waals surface area contributed by atoms with Crippen molar-refractivity contribution >= 4 is 39.5 Å². The summed E-state index contributed by atoms with van der Waals surface area (Å²) in [7, 11) is -3.86. The van der Waals surface area contributed by atoms with Gasteiger partial charge in [0.2, 0.25) is 5.91 Å². The number of aryl methyl sites for hydroxylation is 2. The lowest BCUT2D eigenvalue weighted by atomic mass is 10.2. The molecule has 0 aliphatic carbocycles. The fraction of sp³-hybridized carbons (Fsp3) is 0.143. The third-order valence-corrected chi connectivity index (χ3v) is 5.63. The molecule has 1 aromatic heterocycles. The predicted molar refractivity (Wildman–Crippen MR) is 113 cm³/mol. The van der Waals surface area contributed by atoms with Crippen LogP contribution in [0.3, 0.4) is 0 Å². The number of benzene rings is 2. The molecular weight excluding hydrogens is 409 g/mol. The van der Waals surface area contributed by atoms with E-state index in [-0.39, 0.29) is 16.5 Å². The second-order valence-corrected chi connectivity index (χ2v) is 8.34. The van der Waals surface area contributed by atoms with Crippen LogP contribution < -0.4 is 10.0 Å². The molecule has 0 spiro atoms. The molecule has 7 nitrogen and oxygen atoms in total. The number of hydrogen-bond acceptors (Lipinski definition) is 5. The van der Waals surface area contributed by atoms with Crippen LogP contribution in [-0.2, 0) is 14.8 Å². The highest BCUT2D eigenvalue weighted by Crippen LogP contribution is 2.23. The summed E-state index contributed by atoms with van der Waals surface area (Å²) < 4.78 is 46.3. The number of carbonyl (C=O) groups excluding carboxylic acids is 1. The summed E-state index contributed by atoms with van der Waals surface area (Å²) in [5.74, 6) is -0.356. The number of nitrogens with one attached hydrogen (secondary N) is 2. The SMILES string of the molecule is CC(=O)Nc1c(C)noc1C=Cc1ccc(S(=O)(=O)Nc2ccc(C)c(F)c2)cc1. The Balaban J connectivity index is 1.77. The zero-order valence-electron chi connectivity index (χ0n) is 16.6. The number of rotatable bonds is 6. The van der Waals surface area contributed by atoms with Gasteiger partial charge in [-0.05, 0) is 55.3 Å². The van der Waals surface area contributed by atoms with E-state index in [0.29, 0.717) is 28.3 Å². The number of amides is 1. The maximum Gasteiger partial charge on any atom is 0.261 e. The van der Waals surface area contributed by atoms with Crippen LogP contribution in [0.2, 0.25) is 0 Å². The smallest absolute Gasteiger partial charge is 0.261 e. The Bertz CT molecular complexity index is 1220. The minimum atomic E-state index is -3.86. The van der Waals surface area contributed by atoms with Crippen molar-refractivity contribution < 1.29 is 22.1 Å². The maximum atomic E-state index is 13.7. The van der Waals surface area contributed by atoms with Crippen LogP contribution in [0.25, 0.3) is 12.2 Å². The number of halogens is 1. The van der Waals surface area contributed by atoms with Crippen LogP contribution in [0, 0.1) is 19.7 Å². The van der Waals surface area contributed by atoms with Crippen molar-refractivity contribution in [2.45, 2.75) is 25.7 Å². The zero-order chi connectivity index (χ0) is 21.9. The first-order valence-electron chi connectivity index (χ1n) is 8.97. The summed E-state index contributed by atoms with van der Waals surface area (Å²) in [6.45, 7) is 4.69. The summed E-state index contributed by atoms with van der Waals surface area (Å²) in [6, 6.07) is 10.2. The lowest BCUT2D eigenvalue weighted by Gasteiger charge is -2.09. The molecule has 3 aromatic rings. The number of carbonyl (C=O) groups is 1. The minimum Gasteiger partial charge on any atom is -0.354 e. The predicted octanol–water partition coefficient (Wildman–Crippen LogP) is 4.36. The van der Waals surface area contributed by atoms with Crippen molar-refractivity contribution in [2.75, 3.05) is 10.0 Å². The number of sulfonamides is 1. The van der Waals surface area contributed by atoms with Gasteiger partial charge in [-0.3, -0.25) is 9.52 Å². The molecule has 0 saturated heterocycles. The van der Waals surface area contributed by atoms with Gasteiger partial charge in [0.15, 0.2) is 5.76 Å². The van der Waals surface area contributed by atoms with Crippen molar-refractivity contribution in [1.29, 1.82) is 0 Å². The van der Waals surface area contributed by atoms with Gasteiger partial charge in [-0.25, -0.2) is 12.8 Å². The quantitative estimate of drug-likeness (QED) is 0.606. The van der Waals surface area contributed by atoms with Crippen LogP contribution in [0.1, 0.15) is 29.5 Å². The van der Waals surface area contributed by atoms with E-state index >= 15 is 0 Å². The van der Waals surface area contributed by atoms with Crippen molar-refractivity contribution in [3.8, 4) is 0 Å². The Kier molecular flexibility index (Phi) is 6.02. The van der Waals surface area contributed by atoms with Crippen LogP contribution in [0.15, 0.2) is 51.9 Å². The van der Waals surface area contributed by atoms with Crippen LogP contribution in [0.4, 0.5) is 15.8 Å². The van der Waals surface area contributed by atoms with E-state index in [1.54, 1.807) is 38.1 Å². The normalized spacial score (nSPS) is 11.6.